The topological polar surface area (TPSA) is 385 Å². The predicted octanol–water partition coefficient (Wildman–Crippen LogP) is 16.5. The molecule has 0 aliphatic heterocycles. The summed E-state index contributed by atoms with van der Waals surface area (Å²) < 4.78 is 97.5. The molecule has 0 fully saturated rings. The first-order valence-corrected chi connectivity index (χ1v) is 44.3. The van der Waals surface area contributed by atoms with Crippen molar-refractivity contribution >= 4 is 155 Å². The number of aliphatic hydroxyl groups is 4. The van der Waals surface area contributed by atoms with E-state index in [2.05, 4.69) is 41.2 Å². The van der Waals surface area contributed by atoms with E-state index in [4.69, 9.17) is 69.6 Å². The Kier molecular flexibility index (Phi) is 32.1. The molecule has 4 aromatic heterocycles. The van der Waals surface area contributed by atoms with Crippen molar-refractivity contribution in [2.75, 3.05) is 44.3 Å². The molecule has 34 heteroatoms. The Hall–Kier alpha value is -10.4. The molecule has 8 N–H and O–H groups in total. The molecule has 0 spiro atoms. The Bertz CT molecular complexity index is 5710. The quantitative estimate of drug-likeness (QED) is 0.0278. The number of hydrogen-bond donors (Lipinski definition) is 8. The van der Waals surface area contributed by atoms with Gasteiger partial charge in [-0.15, -0.1) is 0 Å². The van der Waals surface area contributed by atoms with E-state index in [0.29, 0.717) is 99.0 Å². The molecular weight excluding hydrogens is 1720 g/mol. The summed E-state index contributed by atoms with van der Waals surface area (Å²) in [5.74, 6) is -3.41. The van der Waals surface area contributed by atoms with E-state index in [-0.39, 0.29) is 52.3 Å². The van der Waals surface area contributed by atoms with E-state index < -0.39 is 98.9 Å². The number of amides is 4. The second kappa shape index (κ2) is 41.3. The molecule has 0 unspecified atom stereocenters. The van der Waals surface area contributed by atoms with Crippen molar-refractivity contribution in [1.29, 1.82) is 0 Å². The summed E-state index contributed by atoms with van der Waals surface area (Å²) >= 11 is 37.4. The molecule has 612 valence electrons. The minimum atomic E-state index is -3.71. The molecule has 0 radical (unpaired) electrons. The summed E-state index contributed by atoms with van der Waals surface area (Å²) in [7, 11) is -14.6. The van der Waals surface area contributed by atoms with Gasteiger partial charge >= 0.3 is 0 Å². The lowest BCUT2D eigenvalue weighted by Crippen LogP contribution is -2.18. The third kappa shape index (κ3) is 25.8. The lowest BCUT2D eigenvalue weighted by molar-refractivity contribution is 0.101. The number of nitrogens with zero attached hydrogens (tertiary/aromatic N) is 4. The Labute approximate surface area is 711 Å². The number of anilines is 4. The van der Waals surface area contributed by atoms with Crippen LogP contribution in [0.4, 0.5) is 22.7 Å². The highest BCUT2D eigenvalue weighted by Gasteiger charge is 2.25. The highest BCUT2D eigenvalue weighted by atomic mass is 35.5. The summed E-state index contributed by atoms with van der Waals surface area (Å²) in [4.78, 5) is 67.5. The maximum atomic E-state index is 12.7. The number of nitrogens with one attached hydrogen (secondary N) is 4. The largest absolute Gasteiger partial charge is 0.392 e. The molecule has 12 aromatic rings. The fraction of sp³-hybridized carbons (Fsp3) is 0.143. The standard InChI is InChI=1S/2C21H18Cl2N2O4S.2C21H19ClN2O4S/c2*1-13(26)12-30(28,29)15-6-7-16(19(23)11-15)21(27)25-14-5-8-18(22)17(10-14)20-4-2-3-9-24-20;2*1-14(25)13-29(27,28)17-8-5-15(6-9-17)21(26)24-16-7-10-19(22)18(12-16)20-4-2-3-11-23-20/h2*2-11,13,26H,12H2,1H3,(H,25,27);2*2-12,14,25H,13H2,1H3,(H,24,26)/t2*13-;2*14-/m1010/s1. The second-order valence-electron chi connectivity index (χ2n) is 26.3. The van der Waals surface area contributed by atoms with Crippen molar-refractivity contribution in [1.82, 2.24) is 19.9 Å². The number of pyridine rings is 4. The lowest BCUT2D eigenvalue weighted by Gasteiger charge is -2.11. The molecule has 8 aromatic carbocycles. The van der Waals surface area contributed by atoms with E-state index in [9.17, 15) is 73.3 Å². The summed E-state index contributed by atoms with van der Waals surface area (Å²) in [5.41, 5.74) is 8.21. The summed E-state index contributed by atoms with van der Waals surface area (Å²) in [6, 6.07) is 60.7. The molecule has 24 nitrogen and oxygen atoms in total. The fourth-order valence-electron chi connectivity index (χ4n) is 11.1. The van der Waals surface area contributed by atoms with Gasteiger partial charge in [-0.3, -0.25) is 39.1 Å². The summed E-state index contributed by atoms with van der Waals surface area (Å²) in [5, 5.41) is 50.3. The number of aliphatic hydroxyl groups excluding tert-OH is 4. The van der Waals surface area contributed by atoms with Crippen molar-refractivity contribution in [2.45, 2.75) is 71.7 Å². The van der Waals surface area contributed by atoms with Gasteiger partial charge in [-0.25, -0.2) is 33.7 Å². The van der Waals surface area contributed by atoms with Crippen LogP contribution in [0.3, 0.4) is 0 Å². The molecule has 0 aliphatic carbocycles. The molecule has 0 aliphatic rings. The Morgan fingerprint density at radius 2 is 0.517 bits per heavy atom. The average molecular weight is 1790 g/mol. The highest BCUT2D eigenvalue weighted by Crippen LogP contribution is 2.35. The zero-order chi connectivity index (χ0) is 85.8. The molecule has 4 heterocycles. The molecular formula is C84H74Cl6N8O16S4. The Morgan fingerprint density at radius 3 is 0.737 bits per heavy atom. The van der Waals surface area contributed by atoms with Gasteiger partial charge in [-0.1, -0.05) is 93.9 Å². The molecule has 0 bridgehead atoms. The summed E-state index contributed by atoms with van der Waals surface area (Å²) in [6.45, 7) is 5.58. The molecule has 12 rings (SSSR count). The van der Waals surface area contributed by atoms with E-state index >= 15 is 0 Å². The average Bonchev–Trinajstić information content (AvgIpc) is 0.829. The van der Waals surface area contributed by atoms with Crippen LogP contribution in [0, 0.1) is 0 Å². The van der Waals surface area contributed by atoms with Crippen LogP contribution in [0.1, 0.15) is 69.1 Å². The van der Waals surface area contributed by atoms with Crippen LogP contribution in [-0.4, -0.2) is 145 Å². The molecule has 4 amide bonds. The summed E-state index contributed by atoms with van der Waals surface area (Å²) in [6.07, 6.45) is 2.62. The zero-order valence-electron chi connectivity index (χ0n) is 62.8. The van der Waals surface area contributed by atoms with E-state index in [1.165, 1.54) is 113 Å². The van der Waals surface area contributed by atoms with Gasteiger partial charge in [0.2, 0.25) is 0 Å². The zero-order valence-corrected chi connectivity index (χ0v) is 70.6. The number of carbonyl (C=O) groups is 4. The molecule has 118 heavy (non-hydrogen) atoms. The van der Waals surface area contributed by atoms with Crippen molar-refractivity contribution < 1.29 is 73.3 Å². The van der Waals surface area contributed by atoms with Gasteiger partial charge in [-0.2, -0.15) is 0 Å². The van der Waals surface area contributed by atoms with Gasteiger partial charge in [0.15, 0.2) is 39.3 Å². The van der Waals surface area contributed by atoms with E-state index in [0.717, 1.165) is 0 Å². The number of benzene rings is 8. The van der Waals surface area contributed by atoms with Crippen LogP contribution in [0.25, 0.3) is 45.0 Å². The lowest BCUT2D eigenvalue weighted by atomic mass is 10.1. The van der Waals surface area contributed by atoms with Crippen LogP contribution in [-0.2, 0) is 39.3 Å². The van der Waals surface area contributed by atoms with Crippen molar-refractivity contribution in [3.8, 4) is 45.0 Å². The van der Waals surface area contributed by atoms with Crippen LogP contribution in [0.2, 0.25) is 30.1 Å². The number of hydrogen-bond acceptors (Lipinski definition) is 20. The Morgan fingerprint density at radius 1 is 0.288 bits per heavy atom. The number of aromatic nitrogens is 4. The van der Waals surface area contributed by atoms with Crippen molar-refractivity contribution in [2.24, 2.45) is 0 Å². The number of carbonyl (C=O) groups excluding carboxylic acids is 4. The minimum Gasteiger partial charge on any atom is -0.392 e. The second-order valence-corrected chi connectivity index (χ2v) is 36.9. The number of halogens is 6. The van der Waals surface area contributed by atoms with Gasteiger partial charge in [0.1, 0.15) is 0 Å². The van der Waals surface area contributed by atoms with Crippen molar-refractivity contribution in [3.05, 3.63) is 308 Å². The molecule has 0 saturated heterocycles. The molecule has 4 atom stereocenters. The normalized spacial score (nSPS) is 12.4. The molecule has 0 saturated carbocycles. The van der Waals surface area contributed by atoms with Crippen LogP contribution in [0.15, 0.2) is 275 Å². The van der Waals surface area contributed by atoms with Crippen molar-refractivity contribution in [3.63, 3.8) is 0 Å². The predicted molar refractivity (Wildman–Crippen MR) is 461 cm³/mol. The van der Waals surface area contributed by atoms with Gasteiger partial charge in [-0.05, 0) is 234 Å². The fourth-order valence-corrected chi connectivity index (χ4v) is 18.2. The minimum absolute atomic E-state index is 0.0157. The highest BCUT2D eigenvalue weighted by molar-refractivity contribution is 7.92. The van der Waals surface area contributed by atoms with E-state index in [1.807, 2.05) is 36.4 Å². The first-order valence-electron chi connectivity index (χ1n) is 35.4. The SMILES string of the molecule is C[C@@H](O)CS(=O)(=O)c1ccc(C(=O)Nc2ccc(Cl)c(-c3ccccn3)c2)c(Cl)c1.C[C@@H](O)CS(=O)(=O)c1ccc(C(=O)Nc2ccc(Cl)c(-c3ccccn3)c2)cc1.C[C@H](O)CS(=O)(=O)c1ccc(C(=O)Nc2ccc(Cl)c(-c3ccccn3)c2)c(Cl)c1.C[C@H](O)CS(=O)(=O)c1ccc(C(=O)Nc2ccc(Cl)c(-c3ccccn3)c2)cc1. The van der Waals surface area contributed by atoms with Crippen LogP contribution in [0.5, 0.6) is 0 Å². The third-order valence-corrected chi connectivity index (χ3v) is 26.1. The smallest absolute Gasteiger partial charge is 0.257 e. The Balaban J connectivity index is 0.000000179. The first-order chi connectivity index (χ1) is 55.9. The number of rotatable bonds is 24. The third-order valence-electron chi connectivity index (χ3n) is 16.5. The monoisotopic (exact) mass is 1790 g/mol. The van der Waals surface area contributed by atoms with E-state index in [1.54, 1.807) is 134 Å². The number of sulfone groups is 4. The van der Waals surface area contributed by atoms with Gasteiger partial charge < -0.3 is 41.7 Å². The van der Waals surface area contributed by atoms with Gasteiger partial charge in [0.05, 0.1) is 131 Å². The maximum absolute atomic E-state index is 12.7. The maximum Gasteiger partial charge on any atom is 0.257 e. The van der Waals surface area contributed by atoms with Crippen LogP contribution < -0.4 is 21.3 Å². The van der Waals surface area contributed by atoms with Gasteiger partial charge in [0.25, 0.3) is 23.6 Å². The van der Waals surface area contributed by atoms with Crippen LogP contribution >= 0.6 is 69.6 Å². The first kappa shape index (κ1) is 91.5. The van der Waals surface area contributed by atoms with Gasteiger partial charge in [0, 0.05) is 80.9 Å².